The molecule has 1 atom stereocenters. The third kappa shape index (κ3) is 3.03. The van der Waals surface area contributed by atoms with Crippen molar-refractivity contribution in [3.63, 3.8) is 0 Å². The van der Waals surface area contributed by atoms with E-state index in [0.29, 0.717) is 29.4 Å². The molecule has 0 radical (unpaired) electrons. The number of rotatable bonds is 4. The van der Waals surface area contributed by atoms with Crippen molar-refractivity contribution >= 4 is 16.7 Å². The average molecular weight is 284 g/mol. The van der Waals surface area contributed by atoms with E-state index in [4.69, 9.17) is 5.26 Å². The van der Waals surface area contributed by atoms with Gasteiger partial charge in [-0.2, -0.15) is 5.26 Å². The first-order chi connectivity index (χ1) is 10.1. The molecule has 108 valence electrons. The van der Waals surface area contributed by atoms with Gasteiger partial charge in [-0.15, -0.1) is 0 Å². The van der Waals surface area contributed by atoms with Crippen molar-refractivity contribution in [3.05, 3.63) is 47.8 Å². The molecule has 3 nitrogen and oxygen atoms in total. The molecule has 0 bridgehead atoms. The van der Waals surface area contributed by atoms with Crippen LogP contribution in [0.3, 0.4) is 0 Å². The topological polar surface area (TPSA) is 44.1 Å². The molecule has 0 aliphatic rings. The number of carbonyl (C=O) groups is 1. The number of fused-ring (bicyclic) bond motifs is 1. The summed E-state index contributed by atoms with van der Waals surface area (Å²) in [5, 5.41) is 9.94. The molecule has 0 aliphatic heterocycles. The molecule has 0 heterocycles. The molecule has 0 N–H and O–H groups in total. The van der Waals surface area contributed by atoms with Crippen molar-refractivity contribution in [1.29, 1.82) is 5.26 Å². The van der Waals surface area contributed by atoms with Gasteiger partial charge >= 0.3 is 0 Å². The molecule has 1 amide bonds. The predicted molar refractivity (Wildman–Crippen MR) is 80.3 cm³/mol. The Balaban J connectivity index is 2.44. The number of benzene rings is 2. The van der Waals surface area contributed by atoms with E-state index in [1.165, 1.54) is 12.1 Å². The summed E-state index contributed by atoms with van der Waals surface area (Å²) in [6.07, 6.45) is 0. The Morgan fingerprint density at radius 2 is 1.95 bits per heavy atom. The molecule has 4 heteroatoms. The van der Waals surface area contributed by atoms with Crippen molar-refractivity contribution in [2.45, 2.75) is 13.8 Å². The number of amides is 1. The lowest BCUT2D eigenvalue weighted by atomic mass is 10.0. The van der Waals surface area contributed by atoms with E-state index >= 15 is 0 Å². The average Bonchev–Trinajstić information content (AvgIpc) is 2.52. The van der Waals surface area contributed by atoms with Crippen molar-refractivity contribution in [2.75, 3.05) is 13.1 Å². The second kappa shape index (κ2) is 6.36. The summed E-state index contributed by atoms with van der Waals surface area (Å²) in [6.45, 7) is 4.53. The highest BCUT2D eigenvalue weighted by atomic mass is 19.1. The summed E-state index contributed by atoms with van der Waals surface area (Å²) < 4.78 is 13.8. The lowest BCUT2D eigenvalue weighted by Gasteiger charge is -2.22. The number of hydrogen-bond acceptors (Lipinski definition) is 2. The van der Waals surface area contributed by atoms with Crippen LogP contribution in [-0.4, -0.2) is 23.9 Å². The molecular formula is C17H17FN2O. The molecule has 1 unspecified atom stereocenters. The van der Waals surface area contributed by atoms with Crippen LogP contribution < -0.4 is 0 Å². The minimum Gasteiger partial charge on any atom is -0.338 e. The molecule has 0 spiro atoms. The smallest absolute Gasteiger partial charge is 0.254 e. The standard InChI is InChI=1S/C17H17FN2O/c1-3-20(11-12(2)10-19)17(21)15-8-9-16(18)14-7-5-4-6-13(14)15/h4-9,12H,3,11H2,1-2H3. The lowest BCUT2D eigenvalue weighted by Crippen LogP contribution is -2.34. The van der Waals surface area contributed by atoms with E-state index in [2.05, 4.69) is 6.07 Å². The monoisotopic (exact) mass is 284 g/mol. The number of nitrogens with zero attached hydrogens (tertiary/aromatic N) is 2. The third-order valence-electron chi connectivity index (χ3n) is 3.48. The van der Waals surface area contributed by atoms with Crippen molar-refractivity contribution in [1.82, 2.24) is 4.90 Å². The Bertz CT molecular complexity index is 705. The molecule has 0 saturated heterocycles. The summed E-state index contributed by atoms with van der Waals surface area (Å²) >= 11 is 0. The Labute approximate surface area is 123 Å². The lowest BCUT2D eigenvalue weighted by molar-refractivity contribution is 0.0754. The van der Waals surface area contributed by atoms with E-state index < -0.39 is 0 Å². The maximum Gasteiger partial charge on any atom is 0.254 e. The molecular weight excluding hydrogens is 267 g/mol. The van der Waals surface area contributed by atoms with Crippen molar-refractivity contribution in [2.24, 2.45) is 5.92 Å². The second-order valence-electron chi connectivity index (χ2n) is 5.01. The number of hydrogen-bond donors (Lipinski definition) is 0. The van der Waals surface area contributed by atoms with Gasteiger partial charge in [0.1, 0.15) is 5.82 Å². The largest absolute Gasteiger partial charge is 0.338 e. The molecule has 0 aromatic heterocycles. The maximum absolute atomic E-state index is 13.8. The first-order valence-corrected chi connectivity index (χ1v) is 6.94. The Hall–Kier alpha value is -2.41. The SMILES string of the molecule is CCN(CC(C)C#N)C(=O)c1ccc(F)c2ccccc12. The summed E-state index contributed by atoms with van der Waals surface area (Å²) in [4.78, 5) is 14.3. The highest BCUT2D eigenvalue weighted by molar-refractivity contribution is 6.07. The highest BCUT2D eigenvalue weighted by Crippen LogP contribution is 2.23. The van der Waals surface area contributed by atoms with Gasteiger partial charge in [0.05, 0.1) is 12.0 Å². The first-order valence-electron chi connectivity index (χ1n) is 6.94. The zero-order valence-corrected chi connectivity index (χ0v) is 12.1. The summed E-state index contributed by atoms with van der Waals surface area (Å²) in [5.74, 6) is -0.744. The van der Waals surface area contributed by atoms with E-state index in [-0.39, 0.29) is 17.6 Å². The first kappa shape index (κ1) is 15.0. The van der Waals surface area contributed by atoms with E-state index in [1.807, 2.05) is 6.92 Å². The normalized spacial score (nSPS) is 11.9. The van der Waals surface area contributed by atoms with Crippen LogP contribution in [0.25, 0.3) is 10.8 Å². The van der Waals surface area contributed by atoms with Crippen molar-refractivity contribution < 1.29 is 9.18 Å². The van der Waals surface area contributed by atoms with Gasteiger partial charge in [-0.1, -0.05) is 24.3 Å². The minimum absolute atomic E-state index is 0.171. The highest BCUT2D eigenvalue weighted by Gasteiger charge is 2.19. The Morgan fingerprint density at radius 1 is 1.29 bits per heavy atom. The summed E-state index contributed by atoms with van der Waals surface area (Å²) in [7, 11) is 0. The van der Waals surface area contributed by atoms with E-state index in [9.17, 15) is 9.18 Å². The molecule has 0 fully saturated rings. The fraction of sp³-hybridized carbons (Fsp3) is 0.294. The van der Waals surface area contributed by atoms with Gasteiger partial charge in [0.25, 0.3) is 5.91 Å². The fourth-order valence-electron chi connectivity index (χ4n) is 2.35. The summed E-state index contributed by atoms with van der Waals surface area (Å²) in [6, 6.07) is 11.9. The Morgan fingerprint density at radius 3 is 2.57 bits per heavy atom. The van der Waals surface area contributed by atoms with Gasteiger partial charge in [-0.25, -0.2) is 4.39 Å². The van der Waals surface area contributed by atoms with E-state index in [0.717, 1.165) is 0 Å². The van der Waals surface area contributed by atoms with Crippen LogP contribution >= 0.6 is 0 Å². The van der Waals surface area contributed by atoms with Crippen molar-refractivity contribution in [3.8, 4) is 6.07 Å². The Kier molecular flexibility index (Phi) is 4.54. The fourth-order valence-corrected chi connectivity index (χ4v) is 2.35. The zero-order valence-electron chi connectivity index (χ0n) is 12.1. The van der Waals surface area contributed by atoms with Gasteiger partial charge in [0, 0.05) is 24.0 Å². The van der Waals surface area contributed by atoms with Crippen LogP contribution in [0.2, 0.25) is 0 Å². The van der Waals surface area contributed by atoms with Crippen LogP contribution in [0, 0.1) is 23.1 Å². The molecule has 2 aromatic carbocycles. The number of nitriles is 1. The second-order valence-corrected chi connectivity index (χ2v) is 5.01. The number of halogens is 1. The number of carbonyl (C=O) groups excluding carboxylic acids is 1. The van der Waals surface area contributed by atoms with Gasteiger partial charge < -0.3 is 4.90 Å². The van der Waals surface area contributed by atoms with Gasteiger partial charge in [-0.3, -0.25) is 4.79 Å². The molecule has 2 rings (SSSR count). The van der Waals surface area contributed by atoms with Gasteiger partial charge in [0.2, 0.25) is 0 Å². The summed E-state index contributed by atoms with van der Waals surface area (Å²) in [5.41, 5.74) is 0.471. The third-order valence-corrected chi connectivity index (χ3v) is 3.48. The maximum atomic E-state index is 13.8. The minimum atomic E-state index is -0.337. The van der Waals surface area contributed by atoms with Gasteiger partial charge in [-0.05, 0) is 31.4 Å². The molecule has 21 heavy (non-hydrogen) atoms. The van der Waals surface area contributed by atoms with Crippen LogP contribution in [0.15, 0.2) is 36.4 Å². The molecule has 2 aromatic rings. The molecule has 0 aliphatic carbocycles. The molecule has 0 saturated carbocycles. The van der Waals surface area contributed by atoms with Gasteiger partial charge in [0.15, 0.2) is 0 Å². The van der Waals surface area contributed by atoms with E-state index in [1.54, 1.807) is 36.1 Å². The van der Waals surface area contributed by atoms with Crippen LogP contribution in [0.5, 0.6) is 0 Å². The predicted octanol–water partition coefficient (Wildman–Crippen LogP) is 3.60. The quantitative estimate of drug-likeness (QED) is 0.861. The van der Waals surface area contributed by atoms with Crippen LogP contribution in [0.1, 0.15) is 24.2 Å². The van der Waals surface area contributed by atoms with Crippen LogP contribution in [0.4, 0.5) is 4.39 Å². The zero-order chi connectivity index (χ0) is 15.4. The van der Waals surface area contributed by atoms with Crippen LogP contribution in [-0.2, 0) is 0 Å².